The monoisotopic (exact) mass is 1250 g/mol. The molecule has 12 aromatic carbocycles. The van der Waals surface area contributed by atoms with Gasteiger partial charge in [0, 0.05) is 55.7 Å². The second-order valence-corrected chi connectivity index (χ2v) is 30.9. The lowest BCUT2D eigenvalue weighted by Gasteiger charge is -2.45. The largest absolute Gasteiger partial charge is 0.310 e. The molecule has 7 heteroatoms. The fourth-order valence-electron chi connectivity index (χ4n) is 15.3. The number of hydrogen-bond acceptors (Lipinski definition) is 4. The van der Waals surface area contributed by atoms with Crippen molar-refractivity contribution < 1.29 is 0 Å². The summed E-state index contributed by atoms with van der Waals surface area (Å²) in [6, 6.07) is 96.8. The van der Waals surface area contributed by atoms with Gasteiger partial charge >= 0.3 is 0 Å². The highest BCUT2D eigenvalue weighted by molar-refractivity contribution is 7.00. The van der Waals surface area contributed by atoms with E-state index in [1.807, 2.05) is 12.1 Å². The molecule has 470 valence electrons. The normalized spacial score (nSPS) is 13.1. The lowest BCUT2D eigenvalue weighted by Crippen LogP contribution is -2.61. The van der Waals surface area contributed by atoms with Crippen molar-refractivity contribution >= 4 is 101 Å². The fraction of sp³-hybridized carbons (Fsp3) is 0.178. The van der Waals surface area contributed by atoms with Gasteiger partial charge in [0.05, 0.1) is 44.6 Å². The van der Waals surface area contributed by atoms with Crippen molar-refractivity contribution in [3.8, 4) is 56.9 Å². The molecule has 14 aromatic rings. The van der Waals surface area contributed by atoms with Crippen LogP contribution < -0.4 is 26.2 Å². The lowest BCUT2D eigenvalue weighted by molar-refractivity contribution is 0.568. The zero-order valence-corrected chi connectivity index (χ0v) is 57.4. The van der Waals surface area contributed by atoms with Crippen LogP contribution in [0.4, 0.5) is 34.1 Å². The van der Waals surface area contributed by atoms with Crippen molar-refractivity contribution in [1.82, 2.24) is 9.13 Å². The number of benzene rings is 12. The molecule has 2 aromatic heterocycles. The Morgan fingerprint density at radius 3 is 0.938 bits per heavy atom. The number of nitrogens with zero attached hydrogens (tertiary/aromatic N) is 6. The summed E-state index contributed by atoms with van der Waals surface area (Å²) in [5.74, 6) is 0. The minimum absolute atomic E-state index is 0.123. The lowest BCUT2D eigenvalue weighted by atomic mass is 9.33. The van der Waals surface area contributed by atoms with Crippen LogP contribution in [0, 0.1) is 22.7 Å². The predicted octanol–water partition coefficient (Wildman–Crippen LogP) is 21.9. The molecule has 16 rings (SSSR count). The summed E-state index contributed by atoms with van der Waals surface area (Å²) in [6.07, 6.45) is 0. The molecule has 0 spiro atoms. The van der Waals surface area contributed by atoms with E-state index in [1.165, 1.54) is 22.3 Å². The van der Waals surface area contributed by atoms with Gasteiger partial charge in [0.2, 0.25) is 0 Å². The van der Waals surface area contributed by atoms with Gasteiger partial charge in [-0.2, -0.15) is 10.5 Å². The summed E-state index contributed by atoms with van der Waals surface area (Å²) in [5.41, 5.74) is 27.1. The molecule has 2 aliphatic rings. The van der Waals surface area contributed by atoms with E-state index in [-0.39, 0.29) is 28.4 Å². The number of nitriles is 2. The van der Waals surface area contributed by atoms with Gasteiger partial charge in [0.1, 0.15) is 12.1 Å². The smallest absolute Gasteiger partial charge is 0.252 e. The highest BCUT2D eigenvalue weighted by Gasteiger charge is 2.45. The van der Waals surface area contributed by atoms with Crippen LogP contribution in [0.5, 0.6) is 0 Å². The van der Waals surface area contributed by atoms with Gasteiger partial charge in [0.25, 0.3) is 6.71 Å². The van der Waals surface area contributed by atoms with Crippen LogP contribution in [-0.2, 0) is 21.7 Å². The SMILES string of the molecule is CC(C)(C)c1cc(-c2ccc3c(c2)N(c2cc(-n4c5ccccc5c5ccccc54)ccc2C#N)c2cc(-c4ccccc4)cc4c2B3c2ccc(-c3cc(C(C)(C)C)cc(C(C)(C)C)c3)cc2N4c2cc(-n3c4ccccc4c4ccccc43)ccc2C#N)cc(C(C)(C)C)c1. The minimum atomic E-state index is -0.315. The van der Waals surface area contributed by atoms with E-state index in [0.29, 0.717) is 11.1 Å². The van der Waals surface area contributed by atoms with Crippen LogP contribution in [0.15, 0.2) is 249 Å². The molecule has 97 heavy (non-hydrogen) atoms. The molecule has 0 atom stereocenters. The minimum Gasteiger partial charge on any atom is -0.310 e. The van der Waals surface area contributed by atoms with Gasteiger partial charge in [-0.3, -0.25) is 0 Å². The molecule has 2 aliphatic heterocycles. The summed E-state index contributed by atoms with van der Waals surface area (Å²) in [5, 5.41) is 28.2. The number of anilines is 6. The number of aromatic nitrogens is 2. The van der Waals surface area contributed by atoms with Gasteiger partial charge in [-0.05, 0) is 179 Å². The average molecular weight is 1250 g/mol. The standard InChI is InChI=1S/C90H77BN6/c1-87(2,3)64-42-61(43-65(50-64)88(4,5)6)57-36-40-74-82(46-57)96(80-52-68(38-34-59(80)54-92)94-76-30-20-16-26-70(76)71-27-17-21-31-77(71)94)84-48-63(56-24-14-13-15-25-56)49-85-86(84)91(74)75-41-37-58(62-44-66(89(7,8)9)51-67(45-62)90(10,11)12)47-83(75)97(85)81-53-69(39-35-60(81)55-93)95-78-32-22-18-28-72(78)73-29-19-23-33-79(73)95/h13-53H,1-12H3. The van der Waals surface area contributed by atoms with E-state index in [1.54, 1.807) is 0 Å². The van der Waals surface area contributed by atoms with Crippen molar-refractivity contribution in [3.05, 3.63) is 282 Å². The van der Waals surface area contributed by atoms with E-state index in [2.05, 4.69) is 351 Å². The van der Waals surface area contributed by atoms with Gasteiger partial charge < -0.3 is 18.9 Å². The number of hydrogen-bond donors (Lipinski definition) is 0. The van der Waals surface area contributed by atoms with Crippen LogP contribution >= 0.6 is 0 Å². The quantitative estimate of drug-likeness (QED) is 0.149. The zero-order valence-electron chi connectivity index (χ0n) is 57.4. The van der Waals surface area contributed by atoms with Gasteiger partial charge in [-0.1, -0.05) is 247 Å². The molecule has 0 bridgehead atoms. The molecule has 0 fully saturated rings. The molecule has 0 N–H and O–H groups in total. The second-order valence-electron chi connectivity index (χ2n) is 30.9. The molecular formula is C90H77BN6. The fourth-order valence-corrected chi connectivity index (χ4v) is 15.3. The number of fused-ring (bicyclic) bond motifs is 10. The topological polar surface area (TPSA) is 63.9 Å². The molecule has 0 saturated heterocycles. The summed E-state index contributed by atoms with van der Waals surface area (Å²) < 4.78 is 4.71. The first kappa shape index (κ1) is 60.8. The van der Waals surface area contributed by atoms with Crippen molar-refractivity contribution in [2.75, 3.05) is 9.80 Å². The Labute approximate surface area is 570 Å². The second kappa shape index (κ2) is 22.2. The third-order valence-corrected chi connectivity index (χ3v) is 20.5. The third kappa shape index (κ3) is 10.0. The molecular weight excluding hydrogens is 1180 g/mol. The molecule has 0 amide bonds. The Hall–Kier alpha value is -11.1. The first-order valence-electron chi connectivity index (χ1n) is 34.0. The Morgan fingerprint density at radius 2 is 0.598 bits per heavy atom. The van der Waals surface area contributed by atoms with Gasteiger partial charge in [0.15, 0.2) is 0 Å². The van der Waals surface area contributed by atoms with E-state index in [9.17, 15) is 10.5 Å². The first-order valence-corrected chi connectivity index (χ1v) is 34.0. The van der Waals surface area contributed by atoms with Crippen molar-refractivity contribution in [1.29, 1.82) is 10.5 Å². The van der Waals surface area contributed by atoms with E-state index < -0.39 is 0 Å². The molecule has 6 nitrogen and oxygen atoms in total. The van der Waals surface area contributed by atoms with Crippen molar-refractivity contribution in [2.45, 2.75) is 105 Å². The van der Waals surface area contributed by atoms with Gasteiger partial charge in [-0.15, -0.1) is 0 Å². The Bertz CT molecular complexity index is 5180. The molecule has 0 radical (unpaired) electrons. The summed E-state index contributed by atoms with van der Waals surface area (Å²) >= 11 is 0. The third-order valence-electron chi connectivity index (χ3n) is 20.5. The summed E-state index contributed by atoms with van der Waals surface area (Å²) in [6.45, 7) is 27.3. The van der Waals surface area contributed by atoms with Crippen LogP contribution in [-0.4, -0.2) is 15.8 Å². The molecule has 4 heterocycles. The van der Waals surface area contributed by atoms with Crippen LogP contribution in [0.25, 0.3) is 88.4 Å². The van der Waals surface area contributed by atoms with Crippen molar-refractivity contribution in [3.63, 3.8) is 0 Å². The maximum Gasteiger partial charge on any atom is 0.252 e. The highest BCUT2D eigenvalue weighted by Crippen LogP contribution is 2.51. The number of para-hydroxylation sites is 4. The van der Waals surface area contributed by atoms with E-state index in [4.69, 9.17) is 0 Å². The van der Waals surface area contributed by atoms with Crippen LogP contribution in [0.1, 0.15) is 116 Å². The van der Waals surface area contributed by atoms with E-state index in [0.717, 1.165) is 139 Å². The maximum absolute atomic E-state index is 11.8. The predicted molar refractivity (Wildman–Crippen MR) is 410 cm³/mol. The molecule has 0 saturated carbocycles. The Morgan fingerprint density at radius 1 is 0.278 bits per heavy atom. The molecule has 0 aliphatic carbocycles. The van der Waals surface area contributed by atoms with Gasteiger partial charge in [-0.25, -0.2) is 0 Å². The van der Waals surface area contributed by atoms with E-state index >= 15 is 0 Å². The molecule has 0 unspecified atom stereocenters. The summed E-state index contributed by atoms with van der Waals surface area (Å²) in [4.78, 5) is 4.83. The Kier molecular flexibility index (Phi) is 13.9. The maximum atomic E-state index is 11.8. The zero-order chi connectivity index (χ0) is 67.2. The first-order chi connectivity index (χ1) is 46.5. The van der Waals surface area contributed by atoms with Crippen LogP contribution in [0.3, 0.4) is 0 Å². The Balaban J connectivity index is 1.04. The average Bonchev–Trinajstić information content (AvgIpc) is 1.39. The van der Waals surface area contributed by atoms with Crippen molar-refractivity contribution in [2.24, 2.45) is 0 Å². The number of rotatable bonds is 7. The highest BCUT2D eigenvalue weighted by atomic mass is 15.2. The summed E-state index contributed by atoms with van der Waals surface area (Å²) in [7, 11) is 0. The van der Waals surface area contributed by atoms with Crippen LogP contribution in [0.2, 0.25) is 0 Å².